The second kappa shape index (κ2) is 6.82. The molecule has 1 atom stereocenters. The summed E-state index contributed by atoms with van der Waals surface area (Å²) in [4.78, 5) is 22.1. The van der Waals surface area contributed by atoms with Crippen molar-refractivity contribution in [1.29, 1.82) is 0 Å². The summed E-state index contributed by atoms with van der Waals surface area (Å²) in [5.74, 6) is -1.27. The van der Waals surface area contributed by atoms with Gasteiger partial charge in [0.05, 0.1) is 11.3 Å². The van der Waals surface area contributed by atoms with E-state index < -0.39 is 23.0 Å². The molecule has 0 saturated heterocycles. The third-order valence-electron chi connectivity index (χ3n) is 3.14. The van der Waals surface area contributed by atoms with E-state index in [1.165, 1.54) is 0 Å². The molecule has 2 rings (SSSR count). The highest BCUT2D eigenvalue weighted by molar-refractivity contribution is 5.77. The molecule has 0 saturated carbocycles. The van der Waals surface area contributed by atoms with Crippen molar-refractivity contribution in [1.82, 2.24) is 0 Å². The zero-order chi connectivity index (χ0) is 16.0. The molecule has 0 radical (unpaired) electrons. The summed E-state index contributed by atoms with van der Waals surface area (Å²) in [6.45, 7) is -0.134. The first-order valence-electron chi connectivity index (χ1n) is 6.64. The molecule has 2 aromatic rings. The zero-order valence-electron chi connectivity index (χ0n) is 11.7. The number of esters is 1. The molecule has 0 fully saturated rings. The smallest absolute Gasteiger partial charge is 0.423 e. The lowest BCUT2D eigenvalue weighted by Gasteiger charge is -2.17. The second-order valence-corrected chi connectivity index (χ2v) is 4.80. The molecule has 2 aromatic carbocycles. The molecule has 0 amide bonds. The van der Waals surface area contributed by atoms with Gasteiger partial charge in [-0.1, -0.05) is 60.7 Å². The number of nitrogens with zero attached hydrogens (tertiary/aromatic N) is 1. The van der Waals surface area contributed by atoms with Gasteiger partial charge >= 0.3 is 11.7 Å². The highest BCUT2D eigenvalue weighted by Gasteiger charge is 2.51. The van der Waals surface area contributed by atoms with Crippen molar-refractivity contribution in [2.24, 2.45) is 0 Å². The van der Waals surface area contributed by atoms with Crippen molar-refractivity contribution in [2.75, 3.05) is 0 Å². The lowest BCUT2D eigenvalue weighted by molar-refractivity contribution is -0.607. The Morgan fingerprint density at radius 2 is 1.55 bits per heavy atom. The van der Waals surface area contributed by atoms with E-state index in [0.717, 1.165) is 0 Å². The first kappa shape index (κ1) is 15.7. The van der Waals surface area contributed by atoms with E-state index in [2.05, 4.69) is 0 Å². The molecular formula is C16H15NO5. The maximum atomic E-state index is 12.0. The Morgan fingerprint density at radius 1 is 1.05 bits per heavy atom. The summed E-state index contributed by atoms with van der Waals surface area (Å²) < 4.78 is 4.90. The standard InChI is InChI=1S/C16H15NO5/c18-15(22-12-14-9-5-2-6-10-14)16(19,17(20)21)11-13-7-3-1-4-8-13/h1-10,19H,11-12H2. The average Bonchev–Trinajstić information content (AvgIpc) is 2.54. The van der Waals surface area contributed by atoms with Gasteiger partial charge in [-0.15, -0.1) is 0 Å². The normalized spacial score (nSPS) is 13.1. The molecule has 1 unspecified atom stereocenters. The fraction of sp³-hybridized carbons (Fsp3) is 0.188. The monoisotopic (exact) mass is 301 g/mol. The minimum absolute atomic E-state index is 0.134. The molecule has 114 valence electrons. The summed E-state index contributed by atoms with van der Waals surface area (Å²) in [6, 6.07) is 17.0. The number of carbonyl (C=O) groups is 1. The van der Waals surface area contributed by atoms with Gasteiger partial charge in [-0.2, -0.15) is 0 Å². The van der Waals surface area contributed by atoms with E-state index in [0.29, 0.717) is 11.1 Å². The molecule has 0 aliphatic rings. The lowest BCUT2D eigenvalue weighted by atomic mass is 10.0. The van der Waals surface area contributed by atoms with Crippen LogP contribution >= 0.6 is 0 Å². The third-order valence-corrected chi connectivity index (χ3v) is 3.14. The molecule has 0 spiro atoms. The van der Waals surface area contributed by atoms with Crippen LogP contribution in [0.4, 0.5) is 0 Å². The number of hydrogen-bond donors (Lipinski definition) is 1. The van der Waals surface area contributed by atoms with Gasteiger partial charge in [0.15, 0.2) is 0 Å². The van der Waals surface area contributed by atoms with Gasteiger partial charge in [-0.25, -0.2) is 4.79 Å². The van der Waals surface area contributed by atoms with Gasteiger partial charge in [0.25, 0.3) is 0 Å². The summed E-state index contributed by atoms with van der Waals surface area (Å²) >= 11 is 0. The van der Waals surface area contributed by atoms with Crippen molar-refractivity contribution in [3.8, 4) is 0 Å². The first-order chi connectivity index (χ1) is 10.5. The fourth-order valence-corrected chi connectivity index (χ4v) is 1.93. The minimum atomic E-state index is -2.80. The second-order valence-electron chi connectivity index (χ2n) is 4.80. The highest BCUT2D eigenvalue weighted by atomic mass is 16.7. The quantitative estimate of drug-likeness (QED) is 0.381. The van der Waals surface area contributed by atoms with Gasteiger partial charge in [-0.05, 0) is 11.1 Å². The Kier molecular flexibility index (Phi) is 4.85. The Labute approximate surface area is 127 Å². The Morgan fingerprint density at radius 3 is 2.05 bits per heavy atom. The minimum Gasteiger partial charge on any atom is -0.454 e. The van der Waals surface area contributed by atoms with Crippen LogP contribution in [0.5, 0.6) is 0 Å². The molecule has 0 aliphatic carbocycles. The van der Waals surface area contributed by atoms with Crippen molar-refractivity contribution in [3.05, 3.63) is 81.9 Å². The highest BCUT2D eigenvalue weighted by Crippen LogP contribution is 2.17. The van der Waals surface area contributed by atoms with Gasteiger partial charge in [0.2, 0.25) is 0 Å². The number of nitro groups is 1. The van der Waals surface area contributed by atoms with E-state index >= 15 is 0 Å². The van der Waals surface area contributed by atoms with Gasteiger partial charge < -0.3 is 9.84 Å². The molecule has 0 aliphatic heterocycles. The molecule has 22 heavy (non-hydrogen) atoms. The van der Waals surface area contributed by atoms with Gasteiger partial charge in [-0.3, -0.25) is 10.1 Å². The number of benzene rings is 2. The fourth-order valence-electron chi connectivity index (χ4n) is 1.93. The van der Waals surface area contributed by atoms with Crippen molar-refractivity contribution >= 4 is 5.97 Å². The predicted octanol–water partition coefficient (Wildman–Crippen LogP) is 1.94. The van der Waals surface area contributed by atoms with E-state index in [1.807, 2.05) is 0 Å². The average molecular weight is 301 g/mol. The van der Waals surface area contributed by atoms with E-state index in [9.17, 15) is 20.0 Å². The Bertz CT molecular complexity index is 644. The van der Waals surface area contributed by atoms with Gasteiger partial charge in [0.1, 0.15) is 6.61 Å². The predicted molar refractivity (Wildman–Crippen MR) is 78.3 cm³/mol. The van der Waals surface area contributed by atoms with Crippen LogP contribution in [0.2, 0.25) is 0 Å². The number of aliphatic hydroxyl groups is 1. The van der Waals surface area contributed by atoms with Crippen LogP contribution in [0.1, 0.15) is 11.1 Å². The lowest BCUT2D eigenvalue weighted by Crippen LogP contribution is -2.49. The summed E-state index contributed by atoms with van der Waals surface area (Å²) in [5, 5.41) is 21.2. The van der Waals surface area contributed by atoms with Crippen LogP contribution in [0.25, 0.3) is 0 Å². The van der Waals surface area contributed by atoms with E-state index in [1.54, 1.807) is 60.7 Å². The largest absolute Gasteiger partial charge is 0.454 e. The number of hydrogen-bond acceptors (Lipinski definition) is 5. The van der Waals surface area contributed by atoms with Crippen LogP contribution < -0.4 is 0 Å². The summed E-state index contributed by atoms with van der Waals surface area (Å²) in [6.07, 6.45) is -0.450. The van der Waals surface area contributed by atoms with E-state index in [4.69, 9.17) is 4.74 Å². The van der Waals surface area contributed by atoms with Crippen molar-refractivity contribution < 1.29 is 19.6 Å². The third kappa shape index (κ3) is 3.67. The topological polar surface area (TPSA) is 89.7 Å². The molecule has 6 heteroatoms. The molecule has 1 N–H and O–H groups in total. The van der Waals surface area contributed by atoms with Crippen LogP contribution in [0, 0.1) is 10.1 Å². The molecule has 0 aromatic heterocycles. The van der Waals surface area contributed by atoms with Crippen molar-refractivity contribution in [2.45, 2.75) is 18.8 Å². The summed E-state index contributed by atoms with van der Waals surface area (Å²) in [5.41, 5.74) is -1.64. The molecule has 0 heterocycles. The number of rotatable bonds is 6. The van der Waals surface area contributed by atoms with Crippen LogP contribution in [-0.4, -0.2) is 21.7 Å². The van der Waals surface area contributed by atoms with Crippen LogP contribution in [-0.2, 0) is 22.6 Å². The van der Waals surface area contributed by atoms with Crippen LogP contribution in [0.15, 0.2) is 60.7 Å². The number of carbonyl (C=O) groups excluding carboxylic acids is 1. The molecule has 6 nitrogen and oxygen atoms in total. The Balaban J connectivity index is 2.09. The maximum absolute atomic E-state index is 12.0. The van der Waals surface area contributed by atoms with Gasteiger partial charge in [0, 0.05) is 0 Å². The van der Waals surface area contributed by atoms with Crippen molar-refractivity contribution in [3.63, 3.8) is 0 Å². The SMILES string of the molecule is O=C(OCc1ccccc1)C(O)(Cc1ccccc1)[N+](=O)[O-]. The number of ether oxygens (including phenoxy) is 1. The maximum Gasteiger partial charge on any atom is 0.423 e. The molecule has 0 bridgehead atoms. The zero-order valence-corrected chi connectivity index (χ0v) is 11.7. The molecular weight excluding hydrogens is 286 g/mol. The van der Waals surface area contributed by atoms with E-state index in [-0.39, 0.29) is 6.61 Å². The Hall–Kier alpha value is -2.73. The summed E-state index contributed by atoms with van der Waals surface area (Å²) in [7, 11) is 0. The first-order valence-corrected chi connectivity index (χ1v) is 6.64. The van der Waals surface area contributed by atoms with Crippen LogP contribution in [0.3, 0.4) is 0 Å².